The van der Waals surface area contributed by atoms with Gasteiger partial charge in [0.15, 0.2) is 0 Å². The van der Waals surface area contributed by atoms with Crippen LogP contribution in [0, 0.1) is 0 Å². The summed E-state index contributed by atoms with van der Waals surface area (Å²) in [5.74, 6) is 0. The van der Waals surface area contributed by atoms with Crippen LogP contribution in [0.25, 0.3) is 60.4 Å². The Balaban J connectivity index is 1.53. The van der Waals surface area contributed by atoms with Crippen LogP contribution in [0.15, 0.2) is 124 Å². The van der Waals surface area contributed by atoms with Gasteiger partial charge in [0.1, 0.15) is 5.58 Å². The van der Waals surface area contributed by atoms with E-state index < -0.39 is 0 Å². The van der Waals surface area contributed by atoms with Crippen LogP contribution in [0.1, 0.15) is 0 Å². The lowest BCUT2D eigenvalue weighted by atomic mass is 10.0. The molecule has 3 nitrogen and oxygen atoms in total. The maximum atomic E-state index is 12.9. The molecule has 0 aliphatic rings. The third-order valence-corrected chi connectivity index (χ3v) is 6.64. The van der Waals surface area contributed by atoms with E-state index >= 15 is 0 Å². The Morgan fingerprint density at radius 3 is 2.12 bits per heavy atom. The molecule has 34 heavy (non-hydrogen) atoms. The number of rotatable bonds is 2. The SMILES string of the molecule is O=c1oc2ccccc2c2ccc(-n3c4ccccc4c4cc(-c5ccccc5)ccc43)cc12. The van der Waals surface area contributed by atoms with Crippen molar-refractivity contribution in [2.75, 3.05) is 0 Å². The number of para-hydroxylation sites is 2. The van der Waals surface area contributed by atoms with Gasteiger partial charge in [0.25, 0.3) is 0 Å². The lowest BCUT2D eigenvalue weighted by molar-refractivity contribution is 0.569. The second-order valence-corrected chi connectivity index (χ2v) is 8.57. The molecule has 0 bridgehead atoms. The second-order valence-electron chi connectivity index (χ2n) is 8.57. The first-order valence-corrected chi connectivity index (χ1v) is 11.3. The zero-order chi connectivity index (χ0) is 22.6. The summed E-state index contributed by atoms with van der Waals surface area (Å²) in [4.78, 5) is 12.9. The van der Waals surface area contributed by atoms with Crippen molar-refractivity contribution in [2.45, 2.75) is 0 Å². The smallest absolute Gasteiger partial charge is 0.344 e. The molecule has 0 N–H and O–H groups in total. The normalized spacial score (nSPS) is 11.6. The molecule has 2 aromatic heterocycles. The molecule has 0 aliphatic carbocycles. The molecule has 0 aliphatic heterocycles. The first kappa shape index (κ1) is 18.9. The van der Waals surface area contributed by atoms with E-state index in [0.717, 1.165) is 27.5 Å². The van der Waals surface area contributed by atoms with Gasteiger partial charge < -0.3 is 8.98 Å². The Morgan fingerprint density at radius 2 is 1.24 bits per heavy atom. The van der Waals surface area contributed by atoms with Gasteiger partial charge in [-0.25, -0.2) is 4.79 Å². The Labute approximate surface area is 195 Å². The van der Waals surface area contributed by atoms with E-state index in [4.69, 9.17) is 4.42 Å². The largest absolute Gasteiger partial charge is 0.422 e. The molecule has 0 radical (unpaired) electrons. The average molecular weight is 437 g/mol. The molecule has 0 spiro atoms. The summed E-state index contributed by atoms with van der Waals surface area (Å²) in [7, 11) is 0. The van der Waals surface area contributed by atoms with Crippen molar-refractivity contribution in [3.63, 3.8) is 0 Å². The minimum absolute atomic E-state index is 0.317. The maximum absolute atomic E-state index is 12.9. The molecule has 5 aromatic carbocycles. The van der Waals surface area contributed by atoms with Crippen LogP contribution in [0.5, 0.6) is 0 Å². The highest BCUT2D eigenvalue weighted by atomic mass is 16.4. The topological polar surface area (TPSA) is 35.1 Å². The van der Waals surface area contributed by atoms with Gasteiger partial charge in [-0.1, -0.05) is 78.9 Å². The van der Waals surface area contributed by atoms with Crippen LogP contribution >= 0.6 is 0 Å². The van der Waals surface area contributed by atoms with Crippen LogP contribution in [0.4, 0.5) is 0 Å². The summed E-state index contributed by atoms with van der Waals surface area (Å²) in [5.41, 5.74) is 5.81. The third kappa shape index (κ3) is 2.74. The third-order valence-electron chi connectivity index (χ3n) is 6.64. The van der Waals surface area contributed by atoms with Crippen molar-refractivity contribution in [1.82, 2.24) is 4.57 Å². The van der Waals surface area contributed by atoms with Gasteiger partial charge in [-0.15, -0.1) is 0 Å². The van der Waals surface area contributed by atoms with Gasteiger partial charge in [0.05, 0.1) is 16.4 Å². The molecular weight excluding hydrogens is 418 g/mol. The van der Waals surface area contributed by atoms with Gasteiger partial charge in [0, 0.05) is 27.2 Å². The molecule has 0 amide bonds. The van der Waals surface area contributed by atoms with Crippen LogP contribution < -0.4 is 5.63 Å². The fourth-order valence-corrected chi connectivity index (χ4v) is 5.07. The molecule has 0 saturated carbocycles. The summed E-state index contributed by atoms with van der Waals surface area (Å²) in [6.07, 6.45) is 0. The number of hydrogen-bond donors (Lipinski definition) is 0. The Hall–Kier alpha value is -4.63. The highest BCUT2D eigenvalue weighted by Crippen LogP contribution is 2.35. The van der Waals surface area contributed by atoms with Crippen LogP contribution in [-0.2, 0) is 0 Å². The standard InChI is InChI=1S/C31H19NO2/c33-31-27-19-22(15-16-23(27)25-11-5-7-13-30(25)34-31)32-28-12-6-4-10-24(28)26-18-21(14-17-29(26)32)20-8-2-1-3-9-20/h1-19H. The highest BCUT2D eigenvalue weighted by Gasteiger charge is 2.15. The summed E-state index contributed by atoms with van der Waals surface area (Å²) in [6, 6.07) is 39.2. The molecule has 0 atom stereocenters. The van der Waals surface area contributed by atoms with Crippen molar-refractivity contribution >= 4 is 43.5 Å². The Kier molecular flexibility index (Phi) is 4.00. The maximum Gasteiger partial charge on any atom is 0.344 e. The Bertz CT molecular complexity index is 1930. The van der Waals surface area contributed by atoms with Crippen molar-refractivity contribution in [3.8, 4) is 16.8 Å². The van der Waals surface area contributed by atoms with Crippen molar-refractivity contribution in [1.29, 1.82) is 0 Å². The minimum Gasteiger partial charge on any atom is -0.422 e. The van der Waals surface area contributed by atoms with Gasteiger partial charge >= 0.3 is 5.63 Å². The zero-order valence-electron chi connectivity index (χ0n) is 18.2. The lowest BCUT2D eigenvalue weighted by Crippen LogP contribution is -2.02. The van der Waals surface area contributed by atoms with E-state index in [-0.39, 0.29) is 5.63 Å². The molecule has 0 unspecified atom stereocenters. The predicted octanol–water partition coefficient (Wildman–Crippen LogP) is 7.71. The number of nitrogens with zero attached hydrogens (tertiary/aromatic N) is 1. The van der Waals surface area contributed by atoms with Crippen molar-refractivity contribution < 1.29 is 4.42 Å². The first-order valence-electron chi connectivity index (χ1n) is 11.3. The summed E-state index contributed by atoms with van der Waals surface area (Å²) in [5, 5.41) is 4.80. The summed E-state index contributed by atoms with van der Waals surface area (Å²) >= 11 is 0. The van der Waals surface area contributed by atoms with Crippen LogP contribution in [-0.4, -0.2) is 4.57 Å². The van der Waals surface area contributed by atoms with E-state index in [1.807, 2.05) is 42.5 Å². The first-order chi connectivity index (χ1) is 16.8. The number of benzene rings is 5. The van der Waals surface area contributed by atoms with E-state index in [9.17, 15) is 4.79 Å². The fourth-order valence-electron chi connectivity index (χ4n) is 5.07. The van der Waals surface area contributed by atoms with Crippen molar-refractivity contribution in [3.05, 3.63) is 126 Å². The molecule has 160 valence electrons. The molecular formula is C31H19NO2. The average Bonchev–Trinajstić information content (AvgIpc) is 3.23. The molecule has 7 aromatic rings. The highest BCUT2D eigenvalue weighted by molar-refractivity contribution is 6.11. The van der Waals surface area contributed by atoms with Gasteiger partial charge in [-0.05, 0) is 47.5 Å². The number of fused-ring (bicyclic) bond motifs is 6. The van der Waals surface area contributed by atoms with Gasteiger partial charge in [-0.3, -0.25) is 0 Å². The van der Waals surface area contributed by atoms with Gasteiger partial charge in [-0.2, -0.15) is 0 Å². The van der Waals surface area contributed by atoms with E-state index in [0.29, 0.717) is 11.0 Å². The molecule has 7 rings (SSSR count). The molecule has 3 heteroatoms. The van der Waals surface area contributed by atoms with Crippen molar-refractivity contribution in [2.24, 2.45) is 0 Å². The quantitative estimate of drug-likeness (QED) is 0.205. The summed E-state index contributed by atoms with van der Waals surface area (Å²) in [6.45, 7) is 0. The Morgan fingerprint density at radius 1 is 0.500 bits per heavy atom. The second kappa shape index (κ2) is 7.19. The zero-order valence-corrected chi connectivity index (χ0v) is 18.2. The van der Waals surface area contributed by atoms with E-state index in [1.165, 1.54) is 21.9 Å². The lowest BCUT2D eigenvalue weighted by Gasteiger charge is -2.10. The molecule has 0 fully saturated rings. The number of aromatic nitrogens is 1. The summed E-state index contributed by atoms with van der Waals surface area (Å²) < 4.78 is 7.85. The number of hydrogen-bond acceptors (Lipinski definition) is 2. The monoisotopic (exact) mass is 437 g/mol. The molecule has 2 heterocycles. The van der Waals surface area contributed by atoms with Gasteiger partial charge in [0.2, 0.25) is 0 Å². The van der Waals surface area contributed by atoms with Crippen LogP contribution in [0.2, 0.25) is 0 Å². The van der Waals surface area contributed by atoms with E-state index in [1.54, 1.807) is 0 Å². The predicted molar refractivity (Wildman–Crippen MR) is 140 cm³/mol. The van der Waals surface area contributed by atoms with Crippen LogP contribution in [0.3, 0.4) is 0 Å². The fraction of sp³-hybridized carbons (Fsp3) is 0. The van der Waals surface area contributed by atoms with E-state index in [2.05, 4.69) is 77.4 Å². The minimum atomic E-state index is -0.317. The molecule has 0 saturated heterocycles.